The highest BCUT2D eigenvalue weighted by atomic mass is 35.5. The van der Waals surface area contributed by atoms with Crippen LogP contribution in [0.4, 0.5) is 10.1 Å². The third-order valence-corrected chi connectivity index (χ3v) is 2.79. The van der Waals surface area contributed by atoms with Crippen molar-refractivity contribution < 1.29 is 9.18 Å². The molecule has 4 nitrogen and oxygen atoms in total. The van der Waals surface area contributed by atoms with Gasteiger partial charge >= 0.3 is 0 Å². The summed E-state index contributed by atoms with van der Waals surface area (Å²) in [6, 6.07) is 5.67. The number of nitriles is 1. The number of anilines is 1. The summed E-state index contributed by atoms with van der Waals surface area (Å²) in [7, 11) is 0. The fraction of sp³-hybridized carbons (Fsp3) is 0.250. The second kappa shape index (κ2) is 5.15. The van der Waals surface area contributed by atoms with Crippen molar-refractivity contribution in [3.05, 3.63) is 29.0 Å². The molecule has 1 saturated carbocycles. The van der Waals surface area contributed by atoms with E-state index in [4.69, 9.17) is 16.9 Å². The van der Waals surface area contributed by atoms with Gasteiger partial charge in [0.25, 0.3) is 0 Å². The Morgan fingerprint density at radius 3 is 2.83 bits per heavy atom. The normalized spacial score (nSPS) is 15.1. The highest BCUT2D eigenvalue weighted by Crippen LogP contribution is 2.30. The number of Topliss-reactive ketones (excluding diaryl/α,β-unsaturated/α-hetero) is 1. The average Bonchev–Trinajstić information content (AvgIpc) is 3.18. The van der Waals surface area contributed by atoms with E-state index in [1.807, 2.05) is 0 Å². The highest BCUT2D eigenvalue weighted by Gasteiger charge is 2.33. The van der Waals surface area contributed by atoms with Crippen molar-refractivity contribution in [1.82, 2.24) is 0 Å². The smallest absolute Gasteiger partial charge is 0.203 e. The number of benzene rings is 1. The zero-order valence-corrected chi connectivity index (χ0v) is 10.0. The molecule has 92 valence electrons. The van der Waals surface area contributed by atoms with Crippen molar-refractivity contribution in [1.29, 1.82) is 5.26 Å². The topological polar surface area (TPSA) is 65.2 Å². The molecule has 6 heteroatoms. The number of hydrazone groups is 1. The van der Waals surface area contributed by atoms with Crippen LogP contribution in [-0.2, 0) is 4.79 Å². The average molecular weight is 266 g/mol. The van der Waals surface area contributed by atoms with E-state index >= 15 is 0 Å². The number of rotatable bonds is 4. The van der Waals surface area contributed by atoms with E-state index in [9.17, 15) is 9.18 Å². The van der Waals surface area contributed by atoms with Crippen molar-refractivity contribution in [2.45, 2.75) is 12.8 Å². The van der Waals surface area contributed by atoms with Crippen molar-refractivity contribution in [3.63, 3.8) is 0 Å². The van der Waals surface area contributed by atoms with E-state index in [2.05, 4.69) is 10.5 Å². The maximum absolute atomic E-state index is 12.9. The van der Waals surface area contributed by atoms with Gasteiger partial charge in [-0.05, 0) is 31.0 Å². The summed E-state index contributed by atoms with van der Waals surface area (Å²) in [5, 5.41) is 12.5. The summed E-state index contributed by atoms with van der Waals surface area (Å²) in [6.45, 7) is 0. The molecule has 1 aliphatic carbocycles. The molecule has 0 amide bonds. The molecule has 0 atom stereocenters. The summed E-state index contributed by atoms with van der Waals surface area (Å²) in [5.41, 5.74) is 2.77. The van der Waals surface area contributed by atoms with Crippen LogP contribution in [0.2, 0.25) is 5.02 Å². The Labute approximate surface area is 108 Å². The molecule has 1 fully saturated rings. The molecular weight excluding hydrogens is 257 g/mol. The van der Waals surface area contributed by atoms with E-state index in [0.717, 1.165) is 12.8 Å². The van der Waals surface area contributed by atoms with Gasteiger partial charge in [0.2, 0.25) is 5.71 Å². The highest BCUT2D eigenvalue weighted by molar-refractivity contribution is 6.47. The van der Waals surface area contributed by atoms with Crippen LogP contribution in [0.15, 0.2) is 23.3 Å². The van der Waals surface area contributed by atoms with Gasteiger partial charge < -0.3 is 0 Å². The standard InChI is InChI=1S/C12H9ClFN3O/c13-9-5-8(3-4-10(9)14)16-17-11(6-15)12(18)7-1-2-7/h3-5,7,16H,1-2H2. The second-order valence-corrected chi connectivity index (χ2v) is 4.36. The SMILES string of the molecule is N#CC(=NNc1ccc(F)c(Cl)c1)C(=O)C1CC1. The number of ketones is 1. The van der Waals surface area contributed by atoms with Gasteiger partial charge in [0, 0.05) is 5.92 Å². The van der Waals surface area contributed by atoms with Gasteiger partial charge in [-0.25, -0.2) is 4.39 Å². The fourth-order valence-electron chi connectivity index (χ4n) is 1.36. The molecule has 0 heterocycles. The predicted molar refractivity (Wildman–Crippen MR) is 65.8 cm³/mol. The van der Waals surface area contributed by atoms with Crippen molar-refractivity contribution >= 4 is 28.8 Å². The number of hydrogen-bond acceptors (Lipinski definition) is 4. The largest absolute Gasteiger partial charge is 0.291 e. The minimum absolute atomic E-state index is 0.0535. The molecule has 1 N–H and O–H groups in total. The Morgan fingerprint density at radius 1 is 1.56 bits per heavy atom. The molecule has 2 rings (SSSR count). The third kappa shape index (κ3) is 2.84. The predicted octanol–water partition coefficient (Wildman–Crippen LogP) is 2.75. The van der Waals surface area contributed by atoms with Gasteiger partial charge in [0.15, 0.2) is 5.78 Å². The van der Waals surface area contributed by atoms with Gasteiger partial charge in [0.1, 0.15) is 11.9 Å². The number of halogens is 2. The number of carbonyl (C=O) groups is 1. The first-order valence-electron chi connectivity index (χ1n) is 5.35. The summed E-state index contributed by atoms with van der Waals surface area (Å²) in [6.07, 6.45) is 1.61. The first-order chi connectivity index (χ1) is 8.61. The van der Waals surface area contributed by atoms with Crippen LogP contribution in [0.1, 0.15) is 12.8 Å². The monoisotopic (exact) mass is 265 g/mol. The van der Waals surface area contributed by atoms with Gasteiger partial charge in [0.05, 0.1) is 10.7 Å². The minimum Gasteiger partial charge on any atom is -0.291 e. The lowest BCUT2D eigenvalue weighted by molar-refractivity contribution is -0.113. The summed E-state index contributed by atoms with van der Waals surface area (Å²) < 4.78 is 12.9. The second-order valence-electron chi connectivity index (χ2n) is 3.95. The van der Waals surface area contributed by atoms with E-state index in [1.165, 1.54) is 18.2 Å². The summed E-state index contributed by atoms with van der Waals surface area (Å²) in [4.78, 5) is 11.6. The zero-order valence-electron chi connectivity index (χ0n) is 9.28. The Kier molecular flexibility index (Phi) is 3.58. The first kappa shape index (κ1) is 12.5. The van der Waals surface area contributed by atoms with Crippen LogP contribution < -0.4 is 5.43 Å². The van der Waals surface area contributed by atoms with Crippen LogP contribution in [0, 0.1) is 23.1 Å². The van der Waals surface area contributed by atoms with E-state index in [1.54, 1.807) is 6.07 Å². The molecule has 0 unspecified atom stereocenters. The molecule has 0 aromatic heterocycles. The van der Waals surface area contributed by atoms with Crippen LogP contribution in [0.25, 0.3) is 0 Å². The van der Waals surface area contributed by atoms with Gasteiger partial charge in [-0.3, -0.25) is 10.2 Å². The number of nitrogens with zero attached hydrogens (tertiary/aromatic N) is 2. The van der Waals surface area contributed by atoms with Crippen molar-refractivity contribution in [3.8, 4) is 6.07 Å². The van der Waals surface area contributed by atoms with E-state index in [0.29, 0.717) is 5.69 Å². The Morgan fingerprint density at radius 2 is 2.28 bits per heavy atom. The molecule has 1 aliphatic rings. The molecule has 1 aromatic carbocycles. The van der Waals surface area contributed by atoms with Gasteiger partial charge in [-0.1, -0.05) is 11.6 Å². The van der Waals surface area contributed by atoms with Crippen LogP contribution in [0.5, 0.6) is 0 Å². The third-order valence-electron chi connectivity index (χ3n) is 2.50. The van der Waals surface area contributed by atoms with Crippen LogP contribution in [0.3, 0.4) is 0 Å². The Bertz CT molecular complexity index is 561. The lowest BCUT2D eigenvalue weighted by Crippen LogP contribution is -2.15. The minimum atomic E-state index is -0.541. The zero-order chi connectivity index (χ0) is 13.1. The number of nitrogens with one attached hydrogen (secondary N) is 1. The molecule has 0 radical (unpaired) electrons. The Hall–Kier alpha value is -1.93. The molecule has 0 bridgehead atoms. The molecule has 18 heavy (non-hydrogen) atoms. The van der Waals surface area contributed by atoms with E-state index in [-0.39, 0.29) is 22.4 Å². The lowest BCUT2D eigenvalue weighted by Gasteiger charge is -2.02. The molecule has 0 spiro atoms. The maximum atomic E-state index is 12.9. The molecule has 0 aliphatic heterocycles. The number of hydrogen-bond donors (Lipinski definition) is 1. The van der Waals surface area contributed by atoms with E-state index < -0.39 is 5.82 Å². The molecule has 1 aromatic rings. The van der Waals surface area contributed by atoms with Gasteiger partial charge in [-0.2, -0.15) is 10.4 Å². The Balaban J connectivity index is 2.10. The molecule has 0 saturated heterocycles. The fourth-order valence-corrected chi connectivity index (χ4v) is 1.54. The number of carbonyl (C=O) groups excluding carboxylic acids is 1. The molecular formula is C12H9ClFN3O. The summed E-state index contributed by atoms with van der Waals surface area (Å²) >= 11 is 5.59. The van der Waals surface area contributed by atoms with Crippen LogP contribution in [-0.4, -0.2) is 11.5 Å². The van der Waals surface area contributed by atoms with Gasteiger partial charge in [-0.15, -0.1) is 0 Å². The maximum Gasteiger partial charge on any atom is 0.203 e. The summed E-state index contributed by atoms with van der Waals surface area (Å²) in [5.74, 6) is -0.860. The lowest BCUT2D eigenvalue weighted by atomic mass is 10.2. The van der Waals surface area contributed by atoms with Crippen LogP contribution >= 0.6 is 11.6 Å². The van der Waals surface area contributed by atoms with Crippen molar-refractivity contribution in [2.75, 3.05) is 5.43 Å². The quantitative estimate of drug-likeness (QED) is 0.672. The van der Waals surface area contributed by atoms with Crippen molar-refractivity contribution in [2.24, 2.45) is 11.0 Å². The first-order valence-corrected chi connectivity index (χ1v) is 5.72.